The molecular weight excluding hydrogens is 395 g/mol. The van der Waals surface area contributed by atoms with Crippen LogP contribution in [0.25, 0.3) is 11.0 Å². The SMILES string of the molecule is O=C(NCc1ccccc1F)c1cnn(C2CN(CCc3nc4ccccc4[nH]3)C2)c1. The van der Waals surface area contributed by atoms with Crippen LogP contribution in [0.3, 0.4) is 0 Å². The monoisotopic (exact) mass is 418 g/mol. The van der Waals surface area contributed by atoms with Crippen molar-refractivity contribution in [1.29, 1.82) is 0 Å². The maximum atomic E-state index is 13.7. The zero-order chi connectivity index (χ0) is 21.2. The van der Waals surface area contributed by atoms with E-state index in [2.05, 4.69) is 25.3 Å². The van der Waals surface area contributed by atoms with Gasteiger partial charge in [-0.3, -0.25) is 14.4 Å². The van der Waals surface area contributed by atoms with Crippen LogP contribution in [0.4, 0.5) is 4.39 Å². The minimum Gasteiger partial charge on any atom is -0.348 e. The number of nitrogens with zero attached hydrogens (tertiary/aromatic N) is 4. The molecule has 31 heavy (non-hydrogen) atoms. The number of imidazole rings is 1. The van der Waals surface area contributed by atoms with E-state index >= 15 is 0 Å². The predicted octanol–water partition coefficient (Wildman–Crippen LogP) is 2.93. The first-order valence-electron chi connectivity index (χ1n) is 10.4. The Hall–Kier alpha value is -3.52. The average molecular weight is 418 g/mol. The summed E-state index contributed by atoms with van der Waals surface area (Å²) >= 11 is 0. The molecule has 0 atom stereocenters. The van der Waals surface area contributed by atoms with Gasteiger partial charge in [0.2, 0.25) is 0 Å². The average Bonchev–Trinajstić information content (AvgIpc) is 3.39. The fourth-order valence-corrected chi connectivity index (χ4v) is 3.85. The van der Waals surface area contributed by atoms with Gasteiger partial charge >= 0.3 is 0 Å². The van der Waals surface area contributed by atoms with E-state index in [9.17, 15) is 9.18 Å². The number of para-hydroxylation sites is 2. The van der Waals surface area contributed by atoms with Crippen molar-refractivity contribution in [1.82, 2.24) is 30.0 Å². The van der Waals surface area contributed by atoms with Crippen LogP contribution in [0, 0.1) is 5.82 Å². The molecule has 158 valence electrons. The van der Waals surface area contributed by atoms with E-state index in [1.807, 2.05) is 28.9 Å². The predicted molar refractivity (Wildman–Crippen MR) is 115 cm³/mol. The minimum atomic E-state index is -0.323. The molecule has 1 aliphatic heterocycles. The number of rotatable bonds is 7. The standard InChI is InChI=1S/C23H23FN6O/c24-19-6-2-1-5-16(19)11-25-23(31)17-12-26-30(13-17)18-14-29(15-18)10-9-22-27-20-7-3-4-8-21(20)28-22/h1-8,12-13,18H,9-11,14-15H2,(H,25,31)(H,27,28). The number of carbonyl (C=O) groups excluding carboxylic acids is 1. The third kappa shape index (κ3) is 4.20. The fraction of sp³-hybridized carbons (Fsp3) is 0.261. The van der Waals surface area contributed by atoms with Gasteiger partial charge in [-0.05, 0) is 18.2 Å². The Bertz CT molecular complexity index is 1180. The molecule has 3 heterocycles. The quantitative estimate of drug-likeness (QED) is 0.484. The zero-order valence-corrected chi connectivity index (χ0v) is 17.0. The summed E-state index contributed by atoms with van der Waals surface area (Å²) in [4.78, 5) is 22.7. The normalized spacial score (nSPS) is 14.6. The highest BCUT2D eigenvalue weighted by Crippen LogP contribution is 2.21. The lowest BCUT2D eigenvalue weighted by Gasteiger charge is -2.39. The number of H-pyrrole nitrogens is 1. The Balaban J connectivity index is 1.10. The lowest BCUT2D eigenvalue weighted by molar-refractivity contribution is 0.0944. The zero-order valence-electron chi connectivity index (χ0n) is 17.0. The minimum absolute atomic E-state index is 0.148. The molecule has 2 aromatic heterocycles. The van der Waals surface area contributed by atoms with E-state index < -0.39 is 0 Å². The third-order valence-corrected chi connectivity index (χ3v) is 5.68. The van der Waals surface area contributed by atoms with Crippen molar-refractivity contribution < 1.29 is 9.18 Å². The highest BCUT2D eigenvalue weighted by atomic mass is 19.1. The summed E-state index contributed by atoms with van der Waals surface area (Å²) < 4.78 is 15.5. The first kappa shape index (κ1) is 19.4. The molecule has 1 amide bonds. The number of benzene rings is 2. The van der Waals surface area contributed by atoms with Gasteiger partial charge in [-0.15, -0.1) is 0 Å². The second-order valence-corrected chi connectivity index (χ2v) is 7.85. The number of nitrogens with one attached hydrogen (secondary N) is 2. The van der Waals surface area contributed by atoms with E-state index in [0.717, 1.165) is 42.9 Å². The van der Waals surface area contributed by atoms with Gasteiger partial charge in [0.05, 0.1) is 28.8 Å². The van der Waals surface area contributed by atoms with Crippen LogP contribution < -0.4 is 5.32 Å². The van der Waals surface area contributed by atoms with Crippen LogP contribution in [0.5, 0.6) is 0 Å². The maximum Gasteiger partial charge on any atom is 0.254 e. The smallest absolute Gasteiger partial charge is 0.254 e. The molecular formula is C23H23FN6O. The molecule has 7 nitrogen and oxygen atoms in total. The topological polar surface area (TPSA) is 78.8 Å². The number of halogens is 1. The number of amides is 1. The summed E-state index contributed by atoms with van der Waals surface area (Å²) in [6.45, 7) is 2.85. The van der Waals surface area contributed by atoms with Crippen LogP contribution in [0.2, 0.25) is 0 Å². The molecule has 2 N–H and O–H groups in total. The van der Waals surface area contributed by atoms with Gasteiger partial charge in [0.1, 0.15) is 11.6 Å². The van der Waals surface area contributed by atoms with Crippen LogP contribution in [0.1, 0.15) is 27.8 Å². The molecule has 1 saturated heterocycles. The lowest BCUT2D eigenvalue weighted by Crippen LogP contribution is -2.48. The van der Waals surface area contributed by atoms with Crippen molar-refractivity contribution in [3.63, 3.8) is 0 Å². The summed E-state index contributed by atoms with van der Waals surface area (Å²) in [5.41, 5.74) is 3.01. The van der Waals surface area contributed by atoms with Gasteiger partial charge in [0.25, 0.3) is 5.91 Å². The molecule has 0 aliphatic carbocycles. The Kier molecular flexibility index (Phi) is 5.21. The molecule has 0 unspecified atom stereocenters. The van der Waals surface area contributed by atoms with Crippen molar-refractivity contribution in [2.75, 3.05) is 19.6 Å². The van der Waals surface area contributed by atoms with Gasteiger partial charge in [0.15, 0.2) is 0 Å². The highest BCUT2D eigenvalue weighted by Gasteiger charge is 2.29. The van der Waals surface area contributed by atoms with Crippen LogP contribution in [-0.2, 0) is 13.0 Å². The molecule has 8 heteroatoms. The van der Waals surface area contributed by atoms with Crippen molar-refractivity contribution in [3.05, 3.63) is 83.7 Å². The Morgan fingerprint density at radius 1 is 1.16 bits per heavy atom. The van der Waals surface area contributed by atoms with E-state index in [0.29, 0.717) is 11.1 Å². The third-order valence-electron chi connectivity index (χ3n) is 5.68. The number of hydrogen-bond donors (Lipinski definition) is 2. The van der Waals surface area contributed by atoms with Crippen molar-refractivity contribution in [3.8, 4) is 0 Å². The van der Waals surface area contributed by atoms with Crippen LogP contribution in [0.15, 0.2) is 60.9 Å². The largest absolute Gasteiger partial charge is 0.348 e. The van der Waals surface area contributed by atoms with Gasteiger partial charge in [0, 0.05) is 44.4 Å². The maximum absolute atomic E-state index is 13.7. The summed E-state index contributed by atoms with van der Waals surface area (Å²) in [6.07, 6.45) is 4.19. The first-order chi connectivity index (χ1) is 15.2. The highest BCUT2D eigenvalue weighted by molar-refractivity contribution is 5.93. The number of aromatic amines is 1. The van der Waals surface area contributed by atoms with E-state index in [1.165, 1.54) is 6.07 Å². The molecule has 1 aliphatic rings. The second-order valence-electron chi connectivity index (χ2n) is 7.85. The summed E-state index contributed by atoms with van der Waals surface area (Å²) in [5, 5.41) is 7.10. The van der Waals surface area contributed by atoms with Gasteiger partial charge < -0.3 is 10.3 Å². The van der Waals surface area contributed by atoms with E-state index in [-0.39, 0.29) is 24.3 Å². The lowest BCUT2D eigenvalue weighted by atomic mass is 10.1. The number of aromatic nitrogens is 4. The van der Waals surface area contributed by atoms with E-state index in [1.54, 1.807) is 30.6 Å². The first-order valence-corrected chi connectivity index (χ1v) is 10.4. The van der Waals surface area contributed by atoms with Gasteiger partial charge in [-0.25, -0.2) is 9.37 Å². The number of hydrogen-bond acceptors (Lipinski definition) is 4. The molecule has 0 radical (unpaired) electrons. The molecule has 5 rings (SSSR count). The van der Waals surface area contributed by atoms with Crippen molar-refractivity contribution in [2.24, 2.45) is 0 Å². The number of fused-ring (bicyclic) bond motifs is 1. The fourth-order valence-electron chi connectivity index (χ4n) is 3.85. The van der Waals surface area contributed by atoms with Gasteiger partial charge in [-0.2, -0.15) is 5.10 Å². The van der Waals surface area contributed by atoms with E-state index in [4.69, 9.17) is 0 Å². The second kappa shape index (κ2) is 8.31. The molecule has 0 saturated carbocycles. The molecule has 1 fully saturated rings. The Morgan fingerprint density at radius 3 is 2.81 bits per heavy atom. The molecule has 0 spiro atoms. The molecule has 4 aromatic rings. The molecule has 0 bridgehead atoms. The Morgan fingerprint density at radius 2 is 1.97 bits per heavy atom. The summed E-state index contributed by atoms with van der Waals surface area (Å²) in [7, 11) is 0. The van der Waals surface area contributed by atoms with Crippen molar-refractivity contribution in [2.45, 2.75) is 19.0 Å². The van der Waals surface area contributed by atoms with Crippen molar-refractivity contribution >= 4 is 16.9 Å². The molecule has 2 aromatic carbocycles. The summed E-state index contributed by atoms with van der Waals surface area (Å²) in [5.74, 6) is 0.420. The Labute approximate surface area is 178 Å². The van der Waals surface area contributed by atoms with Crippen LogP contribution >= 0.6 is 0 Å². The van der Waals surface area contributed by atoms with Gasteiger partial charge in [-0.1, -0.05) is 30.3 Å². The van der Waals surface area contributed by atoms with Crippen LogP contribution in [-0.4, -0.2) is 50.2 Å². The summed E-state index contributed by atoms with van der Waals surface area (Å²) in [6, 6.07) is 14.7. The number of likely N-dealkylation sites (tertiary alicyclic amines) is 1. The number of carbonyl (C=O) groups is 1.